The Balaban J connectivity index is 2.28. The summed E-state index contributed by atoms with van der Waals surface area (Å²) < 4.78 is 70.6. The van der Waals surface area contributed by atoms with Crippen LogP contribution < -0.4 is 14.4 Å². The molecule has 0 fully saturated rings. The molecule has 2 aromatic carbocycles. The molecule has 0 aliphatic carbocycles. The molecule has 1 atom stereocenters. The van der Waals surface area contributed by atoms with Crippen LogP contribution in [0.1, 0.15) is 58.1 Å². The van der Waals surface area contributed by atoms with Gasteiger partial charge in [-0.25, -0.2) is 8.42 Å². The van der Waals surface area contributed by atoms with Gasteiger partial charge in [0.05, 0.1) is 24.6 Å². The summed E-state index contributed by atoms with van der Waals surface area (Å²) in [6.07, 6.45) is -3.50. The fourth-order valence-electron chi connectivity index (χ4n) is 4.14. The lowest BCUT2D eigenvalue weighted by molar-refractivity contribution is -0.142. The van der Waals surface area contributed by atoms with Gasteiger partial charge in [-0.15, -0.1) is 0 Å². The Morgan fingerprint density at radius 2 is 1.68 bits per heavy atom. The summed E-state index contributed by atoms with van der Waals surface area (Å²) in [4.78, 5) is 28.1. The first-order valence-electron chi connectivity index (χ1n) is 12.9. The van der Waals surface area contributed by atoms with Crippen molar-refractivity contribution in [3.63, 3.8) is 0 Å². The van der Waals surface area contributed by atoms with Crippen molar-refractivity contribution in [2.45, 2.75) is 71.3 Å². The van der Waals surface area contributed by atoms with Gasteiger partial charge >= 0.3 is 6.18 Å². The van der Waals surface area contributed by atoms with Crippen molar-refractivity contribution in [2.75, 3.05) is 24.2 Å². The average Bonchev–Trinajstić information content (AvgIpc) is 2.84. The summed E-state index contributed by atoms with van der Waals surface area (Å²) in [6.45, 7) is 7.21. The second kappa shape index (κ2) is 13.4. The topological polar surface area (TPSA) is 96.0 Å². The minimum absolute atomic E-state index is 0.0264. The Morgan fingerprint density at radius 3 is 2.17 bits per heavy atom. The van der Waals surface area contributed by atoms with Crippen molar-refractivity contribution in [3.8, 4) is 5.75 Å². The monoisotopic (exact) mass is 585 g/mol. The molecule has 2 amide bonds. The Labute approximate surface area is 234 Å². The van der Waals surface area contributed by atoms with E-state index in [9.17, 15) is 31.2 Å². The zero-order valence-corrected chi connectivity index (χ0v) is 24.5. The van der Waals surface area contributed by atoms with Crippen molar-refractivity contribution in [3.05, 3.63) is 59.7 Å². The van der Waals surface area contributed by atoms with Crippen LogP contribution in [0.4, 0.5) is 18.9 Å². The molecule has 0 radical (unpaired) electrons. The van der Waals surface area contributed by atoms with Crippen LogP contribution in [-0.2, 0) is 32.3 Å². The number of hydrogen-bond donors (Lipinski definition) is 1. The maximum absolute atomic E-state index is 13.5. The van der Waals surface area contributed by atoms with Gasteiger partial charge in [-0.3, -0.25) is 13.9 Å². The normalized spacial score (nSPS) is 12.9. The summed E-state index contributed by atoms with van der Waals surface area (Å²) in [6, 6.07) is 10.3. The number of hydrogen-bond acceptors (Lipinski definition) is 5. The SMILES string of the molecule is CCC(C(=O)NC(C)(C)C)N(Cc1ccc(OC)cc1)C(=O)CCCN(c1cccc(C(F)(F)F)c1)S(C)(=O)=O. The van der Waals surface area contributed by atoms with E-state index in [0.29, 0.717) is 12.2 Å². The fourth-order valence-corrected chi connectivity index (χ4v) is 5.10. The molecule has 0 aromatic heterocycles. The molecule has 0 saturated heterocycles. The Morgan fingerprint density at radius 1 is 1.05 bits per heavy atom. The molecule has 2 rings (SSSR count). The number of rotatable bonds is 12. The van der Waals surface area contributed by atoms with E-state index in [1.54, 1.807) is 31.2 Å². The van der Waals surface area contributed by atoms with Crippen LogP contribution in [0.2, 0.25) is 0 Å². The highest BCUT2D eigenvalue weighted by atomic mass is 32.2. The quantitative estimate of drug-likeness (QED) is 0.379. The van der Waals surface area contributed by atoms with Gasteiger partial charge in [-0.2, -0.15) is 13.2 Å². The van der Waals surface area contributed by atoms with Gasteiger partial charge < -0.3 is 15.0 Å². The van der Waals surface area contributed by atoms with E-state index in [0.717, 1.165) is 34.3 Å². The minimum atomic E-state index is -4.64. The van der Waals surface area contributed by atoms with Crippen LogP contribution in [0.15, 0.2) is 48.5 Å². The largest absolute Gasteiger partial charge is 0.497 e. The zero-order valence-electron chi connectivity index (χ0n) is 23.7. The van der Waals surface area contributed by atoms with Gasteiger partial charge in [0, 0.05) is 25.0 Å². The van der Waals surface area contributed by atoms with E-state index >= 15 is 0 Å². The first-order chi connectivity index (χ1) is 18.5. The van der Waals surface area contributed by atoms with Gasteiger partial charge in [-0.05, 0) is 69.5 Å². The standard InChI is InChI=1S/C28H38F3N3O5S/c1-7-24(26(36)32-27(2,3)4)33(19-20-13-15-23(39-5)16-14-20)25(35)12-9-17-34(40(6,37)38)22-11-8-10-21(18-22)28(29,30)31/h8,10-11,13-16,18,24H,7,9,12,17,19H2,1-6H3,(H,32,36). The van der Waals surface area contributed by atoms with Gasteiger partial charge in [-0.1, -0.05) is 25.1 Å². The van der Waals surface area contributed by atoms with E-state index in [-0.39, 0.29) is 43.4 Å². The number of amides is 2. The van der Waals surface area contributed by atoms with Crippen molar-refractivity contribution >= 4 is 27.5 Å². The number of carbonyl (C=O) groups is 2. The van der Waals surface area contributed by atoms with Gasteiger partial charge in [0.2, 0.25) is 21.8 Å². The summed E-state index contributed by atoms with van der Waals surface area (Å²) in [7, 11) is -2.41. The molecule has 0 aliphatic heterocycles. The van der Waals surface area contributed by atoms with Crippen LogP contribution in [0.3, 0.4) is 0 Å². The average molecular weight is 586 g/mol. The maximum Gasteiger partial charge on any atom is 0.416 e. The minimum Gasteiger partial charge on any atom is -0.497 e. The molecular weight excluding hydrogens is 547 g/mol. The van der Waals surface area contributed by atoms with Crippen LogP contribution in [0.25, 0.3) is 0 Å². The zero-order chi connectivity index (χ0) is 30.3. The van der Waals surface area contributed by atoms with Gasteiger partial charge in [0.1, 0.15) is 11.8 Å². The summed E-state index contributed by atoms with van der Waals surface area (Å²) in [5, 5.41) is 2.91. The third-order valence-corrected chi connectivity index (χ3v) is 7.20. The van der Waals surface area contributed by atoms with Crippen LogP contribution in [0.5, 0.6) is 5.75 Å². The molecule has 222 valence electrons. The second-order valence-corrected chi connectivity index (χ2v) is 12.4. The third-order valence-electron chi connectivity index (χ3n) is 6.01. The molecule has 12 heteroatoms. The van der Waals surface area contributed by atoms with Crippen molar-refractivity contribution in [1.29, 1.82) is 0 Å². The van der Waals surface area contributed by atoms with E-state index < -0.39 is 33.3 Å². The Kier molecular flexibility index (Phi) is 11.0. The molecule has 0 heterocycles. The highest BCUT2D eigenvalue weighted by Crippen LogP contribution is 2.32. The summed E-state index contributed by atoms with van der Waals surface area (Å²) in [5.41, 5.74) is -0.884. The molecule has 40 heavy (non-hydrogen) atoms. The lowest BCUT2D eigenvalue weighted by Crippen LogP contribution is -2.53. The molecule has 2 aromatic rings. The smallest absolute Gasteiger partial charge is 0.416 e. The third kappa shape index (κ3) is 9.72. The number of ether oxygens (including phenoxy) is 1. The number of benzene rings is 2. The lowest BCUT2D eigenvalue weighted by atomic mass is 10.0. The van der Waals surface area contributed by atoms with E-state index in [2.05, 4.69) is 5.32 Å². The molecule has 0 saturated carbocycles. The molecule has 1 N–H and O–H groups in total. The first-order valence-corrected chi connectivity index (χ1v) is 14.7. The number of sulfonamides is 1. The lowest BCUT2D eigenvalue weighted by Gasteiger charge is -2.33. The number of nitrogens with zero attached hydrogens (tertiary/aromatic N) is 2. The van der Waals surface area contributed by atoms with Crippen molar-refractivity contribution in [1.82, 2.24) is 10.2 Å². The number of nitrogens with one attached hydrogen (secondary N) is 1. The summed E-state index contributed by atoms with van der Waals surface area (Å²) in [5.74, 6) is -0.0718. The van der Waals surface area contributed by atoms with E-state index in [4.69, 9.17) is 4.74 Å². The maximum atomic E-state index is 13.5. The van der Waals surface area contributed by atoms with Crippen LogP contribution in [0, 0.1) is 0 Å². The molecule has 1 unspecified atom stereocenters. The Bertz CT molecular complexity index is 1260. The van der Waals surface area contributed by atoms with E-state index in [1.165, 1.54) is 18.1 Å². The predicted molar refractivity (Wildman–Crippen MR) is 148 cm³/mol. The molecule has 0 spiro atoms. The number of methoxy groups -OCH3 is 1. The van der Waals surface area contributed by atoms with Crippen LogP contribution in [-0.4, -0.2) is 56.6 Å². The molecule has 0 aliphatic rings. The second-order valence-electron chi connectivity index (χ2n) is 10.5. The number of carbonyl (C=O) groups excluding carboxylic acids is 2. The van der Waals surface area contributed by atoms with Crippen LogP contribution >= 0.6 is 0 Å². The Hall–Kier alpha value is -3.28. The van der Waals surface area contributed by atoms with Gasteiger partial charge in [0.15, 0.2) is 0 Å². The van der Waals surface area contributed by atoms with Crippen molar-refractivity contribution < 1.29 is 35.9 Å². The van der Waals surface area contributed by atoms with E-state index in [1.807, 2.05) is 20.8 Å². The number of halogens is 3. The number of alkyl halides is 3. The van der Waals surface area contributed by atoms with Crippen molar-refractivity contribution in [2.24, 2.45) is 0 Å². The highest BCUT2D eigenvalue weighted by molar-refractivity contribution is 7.92. The molecule has 8 nitrogen and oxygen atoms in total. The molecular formula is C28H38F3N3O5S. The van der Waals surface area contributed by atoms with Gasteiger partial charge in [0.25, 0.3) is 0 Å². The predicted octanol–water partition coefficient (Wildman–Crippen LogP) is 4.98. The summed E-state index contributed by atoms with van der Waals surface area (Å²) >= 11 is 0. The molecule has 0 bridgehead atoms. The highest BCUT2D eigenvalue weighted by Gasteiger charge is 2.33. The first kappa shape index (κ1) is 32.9. The fraction of sp³-hybridized carbons (Fsp3) is 0.500. The number of anilines is 1.